The molecule has 0 bridgehead atoms. The third kappa shape index (κ3) is 2.43. The van der Waals surface area contributed by atoms with Gasteiger partial charge in [0.05, 0.1) is 19.6 Å². The number of hydrogen-bond donors (Lipinski definition) is 0. The van der Waals surface area contributed by atoms with Gasteiger partial charge in [-0.05, 0) is 26.2 Å². The zero-order valence-corrected chi connectivity index (χ0v) is 11.7. The smallest absolute Gasteiger partial charge is 0.184 e. The van der Waals surface area contributed by atoms with Crippen LogP contribution in [0.25, 0.3) is 11.0 Å². The van der Waals surface area contributed by atoms with E-state index in [-0.39, 0.29) is 0 Å². The molecule has 0 amide bonds. The standard InChI is InChI=1S/C15H17N3O2/c1-17(2)8-3-4-9-18-10-11-19-12-6-5-7-13-14(12)15(18)16-20-13/h5-7H,8-11H2,1-2H3. The number of benzene rings is 1. The van der Waals surface area contributed by atoms with E-state index < -0.39 is 0 Å². The van der Waals surface area contributed by atoms with Crippen LogP contribution in [0.5, 0.6) is 5.75 Å². The molecule has 5 heteroatoms. The Morgan fingerprint density at radius 3 is 3.10 bits per heavy atom. The van der Waals surface area contributed by atoms with E-state index >= 15 is 0 Å². The minimum atomic E-state index is 0.630. The van der Waals surface area contributed by atoms with Gasteiger partial charge in [-0.15, -0.1) is 0 Å². The molecule has 2 aromatic rings. The van der Waals surface area contributed by atoms with Gasteiger partial charge in [0, 0.05) is 0 Å². The number of anilines is 1. The van der Waals surface area contributed by atoms with E-state index in [4.69, 9.17) is 9.26 Å². The molecule has 0 fully saturated rings. The van der Waals surface area contributed by atoms with Crippen molar-refractivity contribution in [2.24, 2.45) is 0 Å². The quantitative estimate of drug-likeness (QED) is 0.776. The summed E-state index contributed by atoms with van der Waals surface area (Å²) in [6.45, 7) is 2.78. The molecule has 104 valence electrons. The Kier molecular flexibility index (Phi) is 3.48. The van der Waals surface area contributed by atoms with Crippen molar-refractivity contribution in [1.29, 1.82) is 0 Å². The second-order valence-corrected chi connectivity index (χ2v) is 5.00. The van der Waals surface area contributed by atoms with Gasteiger partial charge in [-0.1, -0.05) is 23.1 Å². The highest BCUT2D eigenvalue weighted by atomic mass is 16.5. The lowest BCUT2D eigenvalue weighted by Gasteiger charge is -2.16. The third-order valence-corrected chi connectivity index (χ3v) is 3.15. The highest BCUT2D eigenvalue weighted by molar-refractivity contribution is 5.94. The van der Waals surface area contributed by atoms with Crippen LogP contribution in [0, 0.1) is 11.8 Å². The summed E-state index contributed by atoms with van der Waals surface area (Å²) in [6, 6.07) is 5.77. The lowest BCUT2D eigenvalue weighted by Crippen LogP contribution is -2.27. The molecular formula is C15H17N3O2. The first-order valence-electron chi connectivity index (χ1n) is 6.62. The number of rotatable bonds is 2. The zero-order chi connectivity index (χ0) is 13.9. The van der Waals surface area contributed by atoms with Crippen LogP contribution >= 0.6 is 0 Å². The Hall–Kier alpha value is -2.19. The molecule has 1 aromatic heterocycles. The molecule has 0 saturated heterocycles. The lowest BCUT2D eigenvalue weighted by atomic mass is 10.2. The number of hydrogen-bond acceptors (Lipinski definition) is 5. The molecule has 1 aliphatic rings. The largest absolute Gasteiger partial charge is 0.491 e. The molecule has 0 unspecified atom stereocenters. The van der Waals surface area contributed by atoms with Crippen LogP contribution in [-0.2, 0) is 0 Å². The van der Waals surface area contributed by atoms with Crippen LogP contribution in [0.15, 0.2) is 22.7 Å². The molecule has 0 atom stereocenters. The summed E-state index contributed by atoms with van der Waals surface area (Å²) in [7, 11) is 4.01. The molecular weight excluding hydrogens is 254 g/mol. The van der Waals surface area contributed by atoms with Crippen LogP contribution in [0.4, 0.5) is 5.82 Å². The van der Waals surface area contributed by atoms with Crippen molar-refractivity contribution < 1.29 is 9.26 Å². The molecule has 0 aliphatic carbocycles. The van der Waals surface area contributed by atoms with Crippen LogP contribution in [0.3, 0.4) is 0 Å². The SMILES string of the molecule is CN(C)CC#CCN1CCOc2cccc3onc1c23. The maximum atomic E-state index is 5.76. The Bertz CT molecular complexity index is 667. The van der Waals surface area contributed by atoms with Crippen molar-refractivity contribution in [2.45, 2.75) is 0 Å². The molecule has 20 heavy (non-hydrogen) atoms. The van der Waals surface area contributed by atoms with Gasteiger partial charge in [-0.3, -0.25) is 4.90 Å². The topological polar surface area (TPSA) is 41.7 Å². The van der Waals surface area contributed by atoms with E-state index in [1.165, 1.54) is 0 Å². The first kappa shape index (κ1) is 12.8. The highest BCUT2D eigenvalue weighted by Crippen LogP contribution is 2.35. The lowest BCUT2D eigenvalue weighted by molar-refractivity contribution is 0.330. The fraction of sp³-hybridized carbons (Fsp3) is 0.400. The highest BCUT2D eigenvalue weighted by Gasteiger charge is 2.21. The minimum absolute atomic E-state index is 0.630. The second kappa shape index (κ2) is 5.43. The summed E-state index contributed by atoms with van der Waals surface area (Å²) in [4.78, 5) is 4.15. The van der Waals surface area contributed by atoms with Crippen molar-refractivity contribution in [1.82, 2.24) is 10.1 Å². The molecule has 1 aliphatic heterocycles. The summed E-state index contributed by atoms with van der Waals surface area (Å²) in [5.74, 6) is 7.97. The van der Waals surface area contributed by atoms with Gasteiger partial charge in [0.2, 0.25) is 0 Å². The molecule has 0 N–H and O–H groups in total. The van der Waals surface area contributed by atoms with Crippen LogP contribution in [-0.4, -0.2) is 50.4 Å². The predicted molar refractivity (Wildman–Crippen MR) is 78.0 cm³/mol. The van der Waals surface area contributed by atoms with Crippen LogP contribution in [0.1, 0.15) is 0 Å². The minimum Gasteiger partial charge on any atom is -0.491 e. The van der Waals surface area contributed by atoms with Gasteiger partial charge >= 0.3 is 0 Å². The number of aromatic nitrogens is 1. The van der Waals surface area contributed by atoms with Gasteiger partial charge in [0.15, 0.2) is 11.4 Å². The van der Waals surface area contributed by atoms with Crippen molar-refractivity contribution in [2.75, 3.05) is 45.2 Å². The normalized spacial score (nSPS) is 13.8. The van der Waals surface area contributed by atoms with Crippen molar-refractivity contribution in [3.63, 3.8) is 0 Å². The first-order valence-corrected chi connectivity index (χ1v) is 6.62. The van der Waals surface area contributed by atoms with E-state index in [1.54, 1.807) is 0 Å². The molecule has 5 nitrogen and oxygen atoms in total. The van der Waals surface area contributed by atoms with Crippen molar-refractivity contribution >= 4 is 16.8 Å². The number of ether oxygens (including phenoxy) is 1. The monoisotopic (exact) mass is 271 g/mol. The number of nitrogens with zero attached hydrogens (tertiary/aromatic N) is 3. The van der Waals surface area contributed by atoms with Gasteiger partial charge in [0.1, 0.15) is 17.7 Å². The maximum absolute atomic E-state index is 5.76. The molecule has 1 aromatic carbocycles. The Morgan fingerprint density at radius 1 is 1.35 bits per heavy atom. The predicted octanol–water partition coefficient (Wildman–Crippen LogP) is 1.59. The maximum Gasteiger partial charge on any atom is 0.184 e. The molecule has 3 rings (SSSR count). The van der Waals surface area contributed by atoms with Gasteiger partial charge < -0.3 is 14.2 Å². The van der Waals surface area contributed by atoms with Crippen molar-refractivity contribution in [3.05, 3.63) is 18.2 Å². The van der Waals surface area contributed by atoms with Crippen molar-refractivity contribution in [3.8, 4) is 17.6 Å². The van der Waals surface area contributed by atoms with Gasteiger partial charge in [-0.2, -0.15) is 0 Å². The third-order valence-electron chi connectivity index (χ3n) is 3.15. The summed E-state index contributed by atoms with van der Waals surface area (Å²) in [5, 5.41) is 5.12. The van der Waals surface area contributed by atoms with E-state index in [0.29, 0.717) is 13.2 Å². The van der Waals surface area contributed by atoms with E-state index in [0.717, 1.165) is 35.6 Å². The summed E-state index contributed by atoms with van der Waals surface area (Å²) in [6.07, 6.45) is 0. The van der Waals surface area contributed by atoms with Gasteiger partial charge in [0.25, 0.3) is 0 Å². The fourth-order valence-corrected chi connectivity index (χ4v) is 2.17. The zero-order valence-electron chi connectivity index (χ0n) is 11.7. The summed E-state index contributed by atoms with van der Waals surface area (Å²) >= 11 is 0. The second-order valence-electron chi connectivity index (χ2n) is 5.00. The Balaban J connectivity index is 1.87. The summed E-state index contributed by atoms with van der Waals surface area (Å²) < 4.78 is 11.1. The molecule has 2 heterocycles. The Morgan fingerprint density at radius 2 is 2.25 bits per heavy atom. The average molecular weight is 271 g/mol. The molecule has 0 saturated carbocycles. The summed E-state index contributed by atoms with van der Waals surface area (Å²) in [5.41, 5.74) is 0.755. The van der Waals surface area contributed by atoms with Crippen LogP contribution in [0.2, 0.25) is 0 Å². The van der Waals surface area contributed by atoms with Gasteiger partial charge in [-0.25, -0.2) is 0 Å². The first-order chi connectivity index (χ1) is 9.75. The molecule has 0 radical (unpaired) electrons. The molecule has 0 spiro atoms. The fourth-order valence-electron chi connectivity index (χ4n) is 2.17. The van der Waals surface area contributed by atoms with E-state index in [1.807, 2.05) is 37.2 Å². The van der Waals surface area contributed by atoms with E-state index in [9.17, 15) is 0 Å². The van der Waals surface area contributed by atoms with Crippen LogP contribution < -0.4 is 9.64 Å². The average Bonchev–Trinajstić information content (AvgIpc) is 2.77. The Labute approximate surface area is 118 Å². The van der Waals surface area contributed by atoms with E-state index in [2.05, 4.69) is 21.9 Å².